The second-order valence-electron chi connectivity index (χ2n) is 6.07. The molecule has 0 spiro atoms. The number of H-pyrrole nitrogens is 1. The molecule has 1 N–H and O–H groups in total. The predicted octanol–water partition coefficient (Wildman–Crippen LogP) is 4.81. The lowest BCUT2D eigenvalue weighted by molar-refractivity contribution is 0.202. The van der Waals surface area contributed by atoms with Gasteiger partial charge in [0.25, 0.3) is 0 Å². The molecule has 1 aliphatic rings. The summed E-state index contributed by atoms with van der Waals surface area (Å²) in [6.45, 7) is 1.75. The maximum atomic E-state index is 13.1. The van der Waals surface area contributed by atoms with Crippen LogP contribution in [0.5, 0.6) is 0 Å². The molecule has 0 fully saturated rings. The molecule has 3 aromatic rings. The molecule has 1 atom stereocenters. The van der Waals surface area contributed by atoms with E-state index < -0.39 is 0 Å². The van der Waals surface area contributed by atoms with Gasteiger partial charge in [-0.25, -0.2) is 4.39 Å². The molecule has 2 heterocycles. The van der Waals surface area contributed by atoms with E-state index in [9.17, 15) is 4.39 Å². The van der Waals surface area contributed by atoms with Crippen LogP contribution in [0, 0.1) is 5.82 Å². The number of rotatable bonds is 3. The van der Waals surface area contributed by atoms with E-state index in [-0.39, 0.29) is 5.82 Å². The van der Waals surface area contributed by atoms with Crippen molar-refractivity contribution in [1.29, 1.82) is 0 Å². The summed E-state index contributed by atoms with van der Waals surface area (Å²) in [5, 5.41) is 1.29. The summed E-state index contributed by atoms with van der Waals surface area (Å²) in [7, 11) is 0. The molecule has 1 aliphatic heterocycles. The van der Waals surface area contributed by atoms with Gasteiger partial charge >= 0.3 is 0 Å². The van der Waals surface area contributed by atoms with E-state index in [0.717, 1.165) is 25.1 Å². The molecule has 0 saturated heterocycles. The molecular formula is C20H19FN2. The summed E-state index contributed by atoms with van der Waals surface area (Å²) in [4.78, 5) is 5.82. The molecule has 23 heavy (non-hydrogen) atoms. The molecule has 0 saturated carbocycles. The third-order valence-electron chi connectivity index (χ3n) is 4.59. The minimum absolute atomic E-state index is 0.180. The van der Waals surface area contributed by atoms with Gasteiger partial charge in [0, 0.05) is 36.2 Å². The highest BCUT2D eigenvalue weighted by Crippen LogP contribution is 2.33. The number of fused-ring (bicyclic) bond motifs is 1. The summed E-state index contributed by atoms with van der Waals surface area (Å²) in [5.74, 6) is -0.180. The summed E-state index contributed by atoms with van der Waals surface area (Å²) in [5.41, 5.74) is 3.66. The number of nitrogens with one attached hydrogen (secondary N) is 1. The van der Waals surface area contributed by atoms with Crippen LogP contribution in [0.1, 0.15) is 23.6 Å². The lowest BCUT2D eigenvalue weighted by atomic mass is 9.98. The van der Waals surface area contributed by atoms with Crippen molar-refractivity contribution in [2.45, 2.75) is 19.0 Å². The van der Waals surface area contributed by atoms with Crippen LogP contribution < -0.4 is 0 Å². The van der Waals surface area contributed by atoms with Gasteiger partial charge in [0.1, 0.15) is 5.82 Å². The second-order valence-corrected chi connectivity index (χ2v) is 6.07. The zero-order valence-corrected chi connectivity index (χ0v) is 12.9. The zero-order chi connectivity index (χ0) is 15.6. The van der Waals surface area contributed by atoms with Crippen LogP contribution in [0.4, 0.5) is 4.39 Å². The van der Waals surface area contributed by atoms with Gasteiger partial charge in [-0.15, -0.1) is 0 Å². The number of aromatic amines is 1. The van der Waals surface area contributed by atoms with E-state index >= 15 is 0 Å². The van der Waals surface area contributed by atoms with Crippen LogP contribution in [0.2, 0.25) is 0 Å². The van der Waals surface area contributed by atoms with Crippen LogP contribution in [0.25, 0.3) is 10.9 Å². The molecule has 3 heteroatoms. The smallest absolute Gasteiger partial charge is 0.123 e. The first-order chi connectivity index (χ1) is 11.3. The van der Waals surface area contributed by atoms with E-state index in [1.54, 1.807) is 0 Å². The van der Waals surface area contributed by atoms with Crippen molar-refractivity contribution in [1.82, 2.24) is 9.88 Å². The Bertz CT molecular complexity index is 832. The van der Waals surface area contributed by atoms with Crippen molar-refractivity contribution in [2.24, 2.45) is 0 Å². The number of aromatic nitrogens is 1. The number of hydrogen-bond acceptors (Lipinski definition) is 1. The van der Waals surface area contributed by atoms with Crippen LogP contribution in [-0.2, 0) is 6.54 Å². The molecule has 1 aromatic heterocycles. The number of hydrogen-bond donors (Lipinski definition) is 1. The normalized spacial score (nSPS) is 18.6. The molecule has 2 aromatic carbocycles. The Kier molecular flexibility index (Phi) is 3.72. The first-order valence-electron chi connectivity index (χ1n) is 8.01. The Morgan fingerprint density at radius 3 is 2.74 bits per heavy atom. The highest BCUT2D eigenvalue weighted by molar-refractivity contribution is 5.83. The van der Waals surface area contributed by atoms with Gasteiger partial charge in [0.05, 0.1) is 0 Å². The molecule has 1 unspecified atom stereocenters. The zero-order valence-electron chi connectivity index (χ0n) is 12.9. The standard InChI is InChI=1S/C20H19FN2/c21-16-10-8-15(9-11-16)14-23-12-4-3-7-20(23)18-13-22-19-6-2-1-5-17(18)19/h1-6,8-11,13,20,22H,7,12,14H2. The Balaban J connectivity index is 1.65. The van der Waals surface area contributed by atoms with Gasteiger partial charge in [-0.3, -0.25) is 4.90 Å². The first-order valence-corrected chi connectivity index (χ1v) is 8.01. The van der Waals surface area contributed by atoms with Gasteiger partial charge in [-0.05, 0) is 35.7 Å². The van der Waals surface area contributed by atoms with Gasteiger partial charge in [0.2, 0.25) is 0 Å². The number of nitrogens with zero attached hydrogens (tertiary/aromatic N) is 1. The molecular weight excluding hydrogens is 287 g/mol. The lowest BCUT2D eigenvalue weighted by Gasteiger charge is -2.33. The third kappa shape index (κ3) is 2.80. The predicted molar refractivity (Wildman–Crippen MR) is 91.6 cm³/mol. The quantitative estimate of drug-likeness (QED) is 0.688. The van der Waals surface area contributed by atoms with Crippen molar-refractivity contribution in [3.8, 4) is 0 Å². The van der Waals surface area contributed by atoms with Crippen molar-refractivity contribution in [2.75, 3.05) is 6.54 Å². The van der Waals surface area contributed by atoms with Crippen LogP contribution in [0.15, 0.2) is 66.9 Å². The minimum atomic E-state index is -0.180. The molecule has 0 radical (unpaired) electrons. The molecule has 2 nitrogen and oxygen atoms in total. The fourth-order valence-corrected chi connectivity index (χ4v) is 3.40. The van der Waals surface area contributed by atoms with E-state index in [0.29, 0.717) is 6.04 Å². The van der Waals surface area contributed by atoms with Crippen LogP contribution in [0.3, 0.4) is 0 Å². The van der Waals surface area contributed by atoms with E-state index in [1.165, 1.54) is 28.6 Å². The van der Waals surface area contributed by atoms with Gasteiger partial charge in [0.15, 0.2) is 0 Å². The lowest BCUT2D eigenvalue weighted by Crippen LogP contribution is -2.30. The fourth-order valence-electron chi connectivity index (χ4n) is 3.40. The van der Waals surface area contributed by atoms with Crippen molar-refractivity contribution in [3.63, 3.8) is 0 Å². The number of benzene rings is 2. The van der Waals surface area contributed by atoms with E-state index in [2.05, 4.69) is 52.5 Å². The summed E-state index contributed by atoms with van der Waals surface area (Å²) in [6.07, 6.45) is 7.61. The highest BCUT2D eigenvalue weighted by Gasteiger charge is 2.23. The molecule has 116 valence electrons. The van der Waals surface area contributed by atoms with Crippen molar-refractivity contribution >= 4 is 10.9 Å². The minimum Gasteiger partial charge on any atom is -0.361 e. The molecule has 0 bridgehead atoms. The van der Waals surface area contributed by atoms with Crippen LogP contribution in [-0.4, -0.2) is 16.4 Å². The topological polar surface area (TPSA) is 19.0 Å². The summed E-state index contributed by atoms with van der Waals surface area (Å²) in [6, 6.07) is 15.6. The first kappa shape index (κ1) is 14.2. The van der Waals surface area contributed by atoms with E-state index in [1.807, 2.05) is 12.1 Å². The Morgan fingerprint density at radius 1 is 1.04 bits per heavy atom. The summed E-state index contributed by atoms with van der Waals surface area (Å²) >= 11 is 0. The van der Waals surface area contributed by atoms with Crippen molar-refractivity contribution in [3.05, 3.63) is 83.8 Å². The van der Waals surface area contributed by atoms with Gasteiger partial charge in [-0.1, -0.05) is 42.5 Å². The fraction of sp³-hybridized carbons (Fsp3) is 0.200. The Morgan fingerprint density at radius 2 is 1.87 bits per heavy atom. The molecule has 4 rings (SSSR count). The van der Waals surface area contributed by atoms with E-state index in [4.69, 9.17) is 0 Å². The Hall–Kier alpha value is -2.39. The monoisotopic (exact) mass is 306 g/mol. The maximum Gasteiger partial charge on any atom is 0.123 e. The second kappa shape index (κ2) is 6.01. The SMILES string of the molecule is Fc1ccc(CN2CC=CCC2c2c[nH]c3ccccc23)cc1. The Labute approximate surface area is 135 Å². The third-order valence-corrected chi connectivity index (χ3v) is 4.59. The number of halogens is 1. The highest BCUT2D eigenvalue weighted by atomic mass is 19.1. The number of para-hydroxylation sites is 1. The van der Waals surface area contributed by atoms with Gasteiger partial charge < -0.3 is 4.98 Å². The van der Waals surface area contributed by atoms with Gasteiger partial charge in [-0.2, -0.15) is 0 Å². The van der Waals surface area contributed by atoms with Crippen LogP contribution >= 0.6 is 0 Å². The molecule has 0 amide bonds. The summed E-state index contributed by atoms with van der Waals surface area (Å²) < 4.78 is 13.1. The largest absolute Gasteiger partial charge is 0.361 e. The molecule has 0 aliphatic carbocycles. The van der Waals surface area contributed by atoms with Crippen molar-refractivity contribution < 1.29 is 4.39 Å². The maximum absolute atomic E-state index is 13.1. The average molecular weight is 306 g/mol. The average Bonchev–Trinajstić information content (AvgIpc) is 3.01.